The molecule has 0 atom stereocenters. The fourth-order valence-electron chi connectivity index (χ4n) is 2.10. The van der Waals surface area contributed by atoms with Gasteiger partial charge in [-0.1, -0.05) is 30.3 Å². The van der Waals surface area contributed by atoms with Crippen molar-refractivity contribution >= 4 is 11.6 Å². The zero-order chi connectivity index (χ0) is 16.2. The van der Waals surface area contributed by atoms with Crippen LogP contribution >= 0.6 is 0 Å². The molecular weight excluding hydrogens is 297 g/mol. The third-order valence-corrected chi connectivity index (χ3v) is 3.23. The van der Waals surface area contributed by atoms with Crippen molar-refractivity contribution < 1.29 is 9.18 Å². The van der Waals surface area contributed by atoms with Crippen molar-refractivity contribution in [2.45, 2.75) is 0 Å². The Hall–Kier alpha value is -3.22. The van der Waals surface area contributed by atoms with E-state index in [1.165, 1.54) is 18.3 Å². The van der Waals surface area contributed by atoms with E-state index in [2.05, 4.69) is 20.9 Å². The lowest BCUT2D eigenvalue weighted by Gasteiger charge is -2.05. The Bertz CT molecular complexity index is 814. The molecule has 0 radical (unpaired) electrons. The lowest BCUT2D eigenvalue weighted by Crippen LogP contribution is -2.29. The molecule has 2 N–H and O–H groups in total. The Morgan fingerprint density at radius 3 is 2.65 bits per heavy atom. The number of nitrogens with zero attached hydrogens (tertiary/aromatic N) is 3. The molecule has 0 aliphatic rings. The SMILES string of the molecule is Cn1nc(C(=O)NNc2ccc(F)nc2)cc1-c1ccccc1. The normalized spacial score (nSPS) is 10.3. The van der Waals surface area contributed by atoms with Crippen molar-refractivity contribution in [1.82, 2.24) is 20.2 Å². The first kappa shape index (κ1) is 14.7. The van der Waals surface area contributed by atoms with Gasteiger partial charge in [0, 0.05) is 7.05 Å². The van der Waals surface area contributed by atoms with E-state index in [4.69, 9.17) is 0 Å². The molecule has 1 amide bonds. The van der Waals surface area contributed by atoms with Gasteiger partial charge in [0.25, 0.3) is 5.91 Å². The molecule has 3 aromatic rings. The second-order valence-electron chi connectivity index (χ2n) is 4.85. The van der Waals surface area contributed by atoms with E-state index in [9.17, 15) is 9.18 Å². The minimum atomic E-state index is -0.584. The summed E-state index contributed by atoms with van der Waals surface area (Å²) in [6.45, 7) is 0. The number of pyridine rings is 1. The summed E-state index contributed by atoms with van der Waals surface area (Å²) < 4.78 is 14.4. The van der Waals surface area contributed by atoms with Gasteiger partial charge < -0.3 is 0 Å². The average molecular weight is 311 g/mol. The first-order chi connectivity index (χ1) is 11.1. The standard InChI is InChI=1S/C16H14FN5O/c1-22-14(11-5-3-2-4-6-11)9-13(21-22)16(23)20-19-12-7-8-15(17)18-10-12/h2-10,19H,1H3,(H,20,23). The van der Waals surface area contributed by atoms with Crippen LogP contribution in [0.1, 0.15) is 10.5 Å². The van der Waals surface area contributed by atoms with Crippen molar-refractivity contribution in [3.05, 3.63) is 66.4 Å². The minimum Gasteiger partial charge on any atom is -0.297 e. The summed E-state index contributed by atoms with van der Waals surface area (Å²) in [6.07, 6.45) is 1.28. The highest BCUT2D eigenvalue weighted by Crippen LogP contribution is 2.19. The number of carbonyl (C=O) groups is 1. The number of amides is 1. The molecule has 0 unspecified atom stereocenters. The summed E-state index contributed by atoms with van der Waals surface area (Å²) in [4.78, 5) is 15.6. The molecule has 3 rings (SSSR count). The van der Waals surface area contributed by atoms with Gasteiger partial charge in [-0.2, -0.15) is 9.49 Å². The van der Waals surface area contributed by atoms with E-state index in [1.54, 1.807) is 17.8 Å². The second kappa shape index (κ2) is 6.27. The van der Waals surface area contributed by atoms with E-state index in [-0.39, 0.29) is 5.69 Å². The number of aromatic nitrogens is 3. The highest BCUT2D eigenvalue weighted by Gasteiger charge is 2.13. The average Bonchev–Trinajstić information content (AvgIpc) is 2.97. The fraction of sp³-hybridized carbons (Fsp3) is 0.0625. The molecule has 0 bridgehead atoms. The maximum absolute atomic E-state index is 12.7. The lowest BCUT2D eigenvalue weighted by atomic mass is 10.1. The van der Waals surface area contributed by atoms with E-state index >= 15 is 0 Å². The molecule has 2 aromatic heterocycles. The summed E-state index contributed by atoms with van der Waals surface area (Å²) >= 11 is 0. The number of anilines is 1. The molecule has 0 saturated heterocycles. The van der Waals surface area contributed by atoms with Crippen molar-refractivity contribution in [3.8, 4) is 11.3 Å². The van der Waals surface area contributed by atoms with Gasteiger partial charge in [0.2, 0.25) is 5.95 Å². The first-order valence-electron chi connectivity index (χ1n) is 6.91. The quantitative estimate of drug-likeness (QED) is 0.573. The molecule has 0 aliphatic heterocycles. The zero-order valence-electron chi connectivity index (χ0n) is 12.3. The molecule has 7 heteroatoms. The topological polar surface area (TPSA) is 71.8 Å². The van der Waals surface area contributed by atoms with Gasteiger partial charge in [-0.05, 0) is 23.8 Å². The summed E-state index contributed by atoms with van der Waals surface area (Å²) in [5, 5.41) is 4.20. The number of rotatable bonds is 4. The van der Waals surface area contributed by atoms with Crippen LogP contribution < -0.4 is 10.9 Å². The van der Waals surface area contributed by atoms with Crippen LogP contribution in [0, 0.1) is 5.95 Å². The molecule has 1 aromatic carbocycles. The van der Waals surface area contributed by atoms with Gasteiger partial charge in [-0.3, -0.25) is 20.3 Å². The third kappa shape index (κ3) is 3.34. The zero-order valence-corrected chi connectivity index (χ0v) is 12.3. The van der Waals surface area contributed by atoms with Crippen molar-refractivity contribution in [2.75, 3.05) is 5.43 Å². The fourth-order valence-corrected chi connectivity index (χ4v) is 2.10. The molecular formula is C16H14FN5O. The van der Waals surface area contributed by atoms with Crippen LogP contribution in [0.4, 0.5) is 10.1 Å². The number of hydrazine groups is 1. The molecule has 0 aliphatic carbocycles. The van der Waals surface area contributed by atoms with Crippen molar-refractivity contribution in [3.63, 3.8) is 0 Å². The number of benzene rings is 1. The Morgan fingerprint density at radius 2 is 1.96 bits per heavy atom. The Balaban J connectivity index is 1.72. The van der Waals surface area contributed by atoms with Crippen molar-refractivity contribution in [2.24, 2.45) is 7.05 Å². The van der Waals surface area contributed by atoms with E-state index in [1.807, 2.05) is 30.3 Å². The monoisotopic (exact) mass is 311 g/mol. The Labute approximate surface area is 131 Å². The number of halogens is 1. The summed E-state index contributed by atoms with van der Waals surface area (Å²) in [6, 6.07) is 14.0. The highest BCUT2D eigenvalue weighted by atomic mass is 19.1. The Morgan fingerprint density at radius 1 is 1.17 bits per heavy atom. The number of carbonyl (C=O) groups excluding carboxylic acids is 1. The van der Waals surface area contributed by atoms with Crippen LogP contribution in [0.3, 0.4) is 0 Å². The Kier molecular flexibility index (Phi) is 4.01. The number of aryl methyl sites for hydroxylation is 1. The minimum absolute atomic E-state index is 0.272. The predicted molar refractivity (Wildman–Crippen MR) is 83.9 cm³/mol. The smallest absolute Gasteiger partial charge is 0.290 e. The van der Waals surface area contributed by atoms with Gasteiger partial charge in [-0.25, -0.2) is 4.98 Å². The van der Waals surface area contributed by atoms with Crippen molar-refractivity contribution in [1.29, 1.82) is 0 Å². The number of nitrogens with one attached hydrogen (secondary N) is 2. The van der Waals surface area contributed by atoms with Crippen LogP contribution in [-0.4, -0.2) is 20.7 Å². The molecule has 2 heterocycles. The molecule has 0 saturated carbocycles. The molecule has 0 fully saturated rings. The van der Waals surface area contributed by atoms with Crippen LogP contribution in [0.25, 0.3) is 11.3 Å². The third-order valence-electron chi connectivity index (χ3n) is 3.23. The molecule has 6 nitrogen and oxygen atoms in total. The van der Waals surface area contributed by atoms with E-state index in [0.717, 1.165) is 11.3 Å². The second-order valence-corrected chi connectivity index (χ2v) is 4.85. The van der Waals surface area contributed by atoms with Gasteiger partial charge >= 0.3 is 0 Å². The number of hydrogen-bond donors (Lipinski definition) is 2. The van der Waals surface area contributed by atoms with Gasteiger partial charge in [0.05, 0.1) is 17.6 Å². The lowest BCUT2D eigenvalue weighted by molar-refractivity contribution is 0.0957. The van der Waals surface area contributed by atoms with Crippen LogP contribution in [0.2, 0.25) is 0 Å². The van der Waals surface area contributed by atoms with E-state index in [0.29, 0.717) is 5.69 Å². The van der Waals surface area contributed by atoms with Gasteiger partial charge in [0.15, 0.2) is 5.69 Å². The number of hydrogen-bond acceptors (Lipinski definition) is 4. The molecule has 0 spiro atoms. The predicted octanol–water partition coefficient (Wildman–Crippen LogP) is 2.38. The molecule has 23 heavy (non-hydrogen) atoms. The summed E-state index contributed by atoms with van der Waals surface area (Å²) in [5.74, 6) is -0.980. The largest absolute Gasteiger partial charge is 0.297 e. The van der Waals surface area contributed by atoms with Crippen LogP contribution in [0.15, 0.2) is 54.7 Å². The van der Waals surface area contributed by atoms with E-state index < -0.39 is 11.9 Å². The maximum Gasteiger partial charge on any atom is 0.290 e. The van der Waals surface area contributed by atoms with Gasteiger partial charge in [-0.15, -0.1) is 0 Å². The van der Waals surface area contributed by atoms with Crippen LogP contribution in [0.5, 0.6) is 0 Å². The first-order valence-corrected chi connectivity index (χ1v) is 6.91. The summed E-state index contributed by atoms with van der Waals surface area (Å²) in [5.41, 5.74) is 7.71. The summed E-state index contributed by atoms with van der Waals surface area (Å²) in [7, 11) is 1.77. The molecule has 116 valence electrons. The van der Waals surface area contributed by atoms with Crippen LogP contribution in [-0.2, 0) is 7.05 Å². The highest BCUT2D eigenvalue weighted by molar-refractivity contribution is 5.94. The maximum atomic E-state index is 12.7. The van der Waals surface area contributed by atoms with Gasteiger partial charge in [0.1, 0.15) is 0 Å².